The van der Waals surface area contributed by atoms with Gasteiger partial charge in [-0.2, -0.15) is 0 Å². The Kier molecular flexibility index (Phi) is 5.94. The number of hydrogen-bond acceptors (Lipinski definition) is 4. The topological polar surface area (TPSA) is 77.6 Å². The van der Waals surface area contributed by atoms with Crippen molar-refractivity contribution < 1.29 is 9.53 Å². The monoisotopic (exact) mass is 323 g/mol. The lowest BCUT2D eigenvalue weighted by Gasteiger charge is -2.20. The Morgan fingerprint density at radius 2 is 1.95 bits per heavy atom. The fourth-order valence-corrected chi connectivity index (χ4v) is 2.61. The second-order valence-corrected chi connectivity index (χ2v) is 5.88. The number of nitrogens with two attached hydrogens (primary N) is 1. The van der Waals surface area contributed by atoms with Crippen LogP contribution in [0.15, 0.2) is 23.1 Å². The lowest BCUT2D eigenvalue weighted by molar-refractivity contribution is -0.133. The number of rotatable bonds is 5. The van der Waals surface area contributed by atoms with Gasteiger partial charge in [0.25, 0.3) is 11.5 Å². The summed E-state index contributed by atoms with van der Waals surface area (Å²) in [5.41, 5.74) is 5.11. The minimum atomic E-state index is -0.334. The summed E-state index contributed by atoms with van der Waals surface area (Å²) in [6.45, 7) is 1.57. The zero-order valence-electron chi connectivity index (χ0n) is 12.5. The van der Waals surface area contributed by atoms with E-state index in [1.807, 2.05) is 4.90 Å². The molecule has 0 bridgehead atoms. The molecule has 0 spiro atoms. The largest absolute Gasteiger partial charge is 0.478 e. The van der Waals surface area contributed by atoms with E-state index in [1.165, 1.54) is 4.57 Å². The predicted octanol–water partition coefficient (Wildman–Crippen LogP) is 0.916. The van der Waals surface area contributed by atoms with E-state index in [9.17, 15) is 9.59 Å². The smallest absolute Gasteiger partial charge is 0.293 e. The molecule has 1 fully saturated rings. The van der Waals surface area contributed by atoms with Gasteiger partial charge in [-0.1, -0.05) is 25.1 Å². The molecule has 2 N–H and O–H groups in total. The molecule has 120 valence electrons. The molecule has 6 nitrogen and oxygen atoms in total. The first kappa shape index (κ1) is 16.5. The number of carbonyl (C=O) groups excluding carboxylic acids is 1. The molecular weight excluding hydrogens is 302 g/mol. The molecule has 2 rings (SSSR count). The van der Waals surface area contributed by atoms with Crippen LogP contribution in [0.4, 0.5) is 0 Å². The second kappa shape index (κ2) is 7.93. The first-order chi connectivity index (χ1) is 10.6. The normalized spacial score (nSPS) is 15.2. The molecule has 22 heavy (non-hydrogen) atoms. The number of pyridine rings is 1. The average Bonchev–Trinajstić information content (AvgIpc) is 2.76. The van der Waals surface area contributed by atoms with Gasteiger partial charge >= 0.3 is 0 Å². The van der Waals surface area contributed by atoms with Gasteiger partial charge in [-0.3, -0.25) is 9.59 Å². The van der Waals surface area contributed by atoms with Crippen molar-refractivity contribution in [1.29, 1.82) is 0 Å². The summed E-state index contributed by atoms with van der Waals surface area (Å²) in [6.07, 6.45) is 5.96. The lowest BCUT2D eigenvalue weighted by atomic mass is 10.2. The number of aromatic nitrogens is 1. The molecule has 1 amide bonds. The van der Waals surface area contributed by atoms with E-state index in [0.717, 1.165) is 38.8 Å². The van der Waals surface area contributed by atoms with Gasteiger partial charge in [0.2, 0.25) is 0 Å². The predicted molar refractivity (Wildman–Crippen MR) is 88.0 cm³/mol. The highest BCUT2D eigenvalue weighted by Crippen LogP contribution is 2.10. The zero-order chi connectivity index (χ0) is 15.9. The van der Waals surface area contributed by atoms with Crippen molar-refractivity contribution in [3.05, 3.63) is 28.7 Å². The number of thiocarbonyl (C=S) groups is 1. The molecule has 0 radical (unpaired) electrons. The van der Waals surface area contributed by atoms with Gasteiger partial charge < -0.3 is 19.9 Å². The van der Waals surface area contributed by atoms with Crippen LogP contribution in [0.3, 0.4) is 0 Å². The fraction of sp³-hybridized carbons (Fsp3) is 0.533. The number of hydrogen-bond donors (Lipinski definition) is 1. The summed E-state index contributed by atoms with van der Waals surface area (Å²) in [4.78, 5) is 26.3. The van der Waals surface area contributed by atoms with Crippen LogP contribution >= 0.6 is 12.2 Å². The first-order valence-electron chi connectivity index (χ1n) is 7.46. The first-order valence-corrected chi connectivity index (χ1v) is 7.87. The molecule has 0 aliphatic carbocycles. The molecule has 1 saturated heterocycles. The van der Waals surface area contributed by atoms with Crippen LogP contribution < -0.4 is 16.0 Å². The van der Waals surface area contributed by atoms with Crippen LogP contribution in [0.5, 0.6) is 5.75 Å². The van der Waals surface area contributed by atoms with E-state index in [4.69, 9.17) is 22.7 Å². The van der Waals surface area contributed by atoms with Gasteiger partial charge in [0.1, 0.15) is 0 Å². The second-order valence-electron chi connectivity index (χ2n) is 5.36. The highest BCUT2D eigenvalue weighted by atomic mass is 32.1. The molecule has 0 saturated carbocycles. The Balaban J connectivity index is 1.97. The fourth-order valence-electron chi connectivity index (χ4n) is 2.47. The Morgan fingerprint density at radius 1 is 1.27 bits per heavy atom. The number of likely N-dealkylation sites (tertiary alicyclic amines) is 1. The van der Waals surface area contributed by atoms with Crippen LogP contribution in [-0.2, 0) is 11.3 Å². The quantitative estimate of drug-likeness (QED) is 0.815. The van der Waals surface area contributed by atoms with Crippen molar-refractivity contribution in [2.24, 2.45) is 5.73 Å². The van der Waals surface area contributed by atoms with Gasteiger partial charge in [-0.15, -0.1) is 0 Å². The summed E-state index contributed by atoms with van der Waals surface area (Å²) in [5, 5.41) is 0. The van der Waals surface area contributed by atoms with E-state index in [-0.39, 0.29) is 35.4 Å². The van der Waals surface area contributed by atoms with Crippen molar-refractivity contribution in [2.45, 2.75) is 32.2 Å². The molecular formula is C15H21N3O3S. The molecule has 7 heteroatoms. The molecule has 1 aliphatic heterocycles. The number of carbonyl (C=O) groups is 1. The molecule has 1 aliphatic rings. The third-order valence-electron chi connectivity index (χ3n) is 3.62. The van der Waals surface area contributed by atoms with E-state index < -0.39 is 0 Å². The maximum atomic E-state index is 12.1. The Labute approximate surface area is 134 Å². The molecule has 2 heterocycles. The minimum absolute atomic E-state index is 0.0777. The summed E-state index contributed by atoms with van der Waals surface area (Å²) in [5.74, 6) is 0.0629. The van der Waals surface area contributed by atoms with Crippen molar-refractivity contribution in [3.8, 4) is 5.75 Å². The average molecular weight is 323 g/mol. The van der Waals surface area contributed by atoms with Crippen LogP contribution in [0.25, 0.3) is 0 Å². The number of amides is 1. The third-order valence-corrected chi connectivity index (χ3v) is 3.75. The highest BCUT2D eigenvalue weighted by Gasteiger charge is 2.16. The third kappa shape index (κ3) is 4.56. The molecule has 0 unspecified atom stereocenters. The van der Waals surface area contributed by atoms with Gasteiger partial charge in [0.15, 0.2) is 12.4 Å². The van der Waals surface area contributed by atoms with Gasteiger partial charge in [0.05, 0.1) is 11.5 Å². The van der Waals surface area contributed by atoms with Gasteiger partial charge in [0, 0.05) is 19.3 Å². The number of ether oxygens (including phenoxy) is 1. The molecule has 0 atom stereocenters. The molecule has 0 aromatic carbocycles. The molecule has 1 aromatic rings. The summed E-state index contributed by atoms with van der Waals surface area (Å²) in [6, 6.07) is 3.22. The van der Waals surface area contributed by atoms with Crippen molar-refractivity contribution in [1.82, 2.24) is 9.47 Å². The van der Waals surface area contributed by atoms with Crippen molar-refractivity contribution in [3.63, 3.8) is 0 Å². The molecule has 1 aromatic heterocycles. The van der Waals surface area contributed by atoms with E-state index in [0.29, 0.717) is 0 Å². The van der Waals surface area contributed by atoms with Crippen LogP contribution in [0.1, 0.15) is 25.7 Å². The zero-order valence-corrected chi connectivity index (χ0v) is 13.3. The highest BCUT2D eigenvalue weighted by molar-refractivity contribution is 7.80. The van der Waals surface area contributed by atoms with Gasteiger partial charge in [-0.25, -0.2) is 0 Å². The minimum Gasteiger partial charge on any atom is -0.478 e. The van der Waals surface area contributed by atoms with Crippen LogP contribution in [-0.4, -0.2) is 40.1 Å². The standard InChI is InChI=1S/C15H21N3O3S/c16-13(22)10-18-9-5-6-12(15(18)20)21-11-14(19)17-7-3-1-2-4-8-17/h5-6,9H,1-4,7-8,10-11H2,(H2,16,22). The van der Waals surface area contributed by atoms with E-state index in [1.54, 1.807) is 18.3 Å². The number of nitrogens with zero attached hydrogens (tertiary/aromatic N) is 2. The van der Waals surface area contributed by atoms with Crippen molar-refractivity contribution in [2.75, 3.05) is 19.7 Å². The Bertz CT molecular complexity index is 592. The summed E-state index contributed by atoms with van der Waals surface area (Å²) in [7, 11) is 0. The van der Waals surface area contributed by atoms with Gasteiger partial charge in [-0.05, 0) is 25.0 Å². The van der Waals surface area contributed by atoms with E-state index >= 15 is 0 Å². The van der Waals surface area contributed by atoms with Crippen molar-refractivity contribution >= 4 is 23.1 Å². The van der Waals surface area contributed by atoms with Crippen LogP contribution in [0, 0.1) is 0 Å². The maximum absolute atomic E-state index is 12.1. The SMILES string of the molecule is NC(=S)Cn1cccc(OCC(=O)N2CCCCCC2)c1=O. The summed E-state index contributed by atoms with van der Waals surface area (Å²) < 4.78 is 6.78. The lowest BCUT2D eigenvalue weighted by Crippen LogP contribution is -2.36. The Hall–Kier alpha value is -1.89. The maximum Gasteiger partial charge on any atom is 0.293 e. The summed E-state index contributed by atoms with van der Waals surface area (Å²) >= 11 is 4.80. The Morgan fingerprint density at radius 3 is 2.59 bits per heavy atom. The van der Waals surface area contributed by atoms with Crippen LogP contribution in [0.2, 0.25) is 0 Å². The van der Waals surface area contributed by atoms with E-state index in [2.05, 4.69) is 0 Å².